The lowest BCUT2D eigenvalue weighted by Crippen LogP contribution is -2.54. The first-order valence-corrected chi connectivity index (χ1v) is 37.0. The Labute approximate surface area is 529 Å². The first-order valence-electron chi connectivity index (χ1n) is 37.0. The zero-order valence-electron chi connectivity index (χ0n) is 54.7. The predicted molar refractivity (Wildman–Crippen MR) is 364 cm³/mol. The van der Waals surface area contributed by atoms with Gasteiger partial charge in [0.25, 0.3) is 0 Å². The van der Waals surface area contributed by atoms with Crippen molar-refractivity contribution in [2.75, 3.05) is 0 Å². The molecule has 87 heavy (non-hydrogen) atoms. The number of hydrogen-bond acceptors (Lipinski definition) is 4. The molecule has 7 fully saturated rings. The first-order chi connectivity index (χ1) is 42.6. The summed E-state index contributed by atoms with van der Waals surface area (Å²) in [6.45, 7) is 19.7. The molecule has 0 bridgehead atoms. The van der Waals surface area contributed by atoms with E-state index in [0.29, 0.717) is 84.0 Å². The summed E-state index contributed by atoms with van der Waals surface area (Å²) in [5.74, 6) is 8.11. The van der Waals surface area contributed by atoms with Gasteiger partial charge in [-0.05, 0) is 274 Å². The van der Waals surface area contributed by atoms with E-state index in [4.69, 9.17) is 9.47 Å². The molecule has 14 rings (SSSR count). The van der Waals surface area contributed by atoms with Crippen LogP contribution in [0, 0.1) is 64.1 Å². The summed E-state index contributed by atoms with van der Waals surface area (Å²) in [5, 5.41) is 0. The van der Waals surface area contributed by atoms with Crippen LogP contribution in [0.4, 0.5) is 0 Å². The fraction of sp³-hybridized carbons (Fsp3) is 0.663. The van der Waals surface area contributed by atoms with Crippen LogP contribution in [0.1, 0.15) is 243 Å². The SMILES string of the molecule is C=Cc1ccc(C2CC=C3C(C2)C2C=C(C4CCC(N(C5CC=C(C(C)(C)C)CC5)C5CCC6C7CCCCC7C(C7=CCCCC7)(C7=CCC(OC8CCC(C=C)CC8)CC7)C6C5)CC4)C=CC2N3C2C=CC(OC3CCC(C=C)CC3)=CC2)cc1. The van der Waals surface area contributed by atoms with Gasteiger partial charge in [0.15, 0.2) is 0 Å². The average molecular weight is 1170 g/mol. The molecule has 468 valence electrons. The van der Waals surface area contributed by atoms with Crippen LogP contribution >= 0.6 is 0 Å². The number of benzene rings is 1. The molecular weight excluding hydrogens is 1060 g/mol. The Morgan fingerprint density at radius 3 is 2.00 bits per heavy atom. The molecule has 1 aromatic rings. The minimum Gasteiger partial charge on any atom is -0.491 e. The van der Waals surface area contributed by atoms with Gasteiger partial charge in [-0.25, -0.2) is 0 Å². The molecule has 13 unspecified atom stereocenters. The lowest BCUT2D eigenvalue weighted by molar-refractivity contribution is -0.0397. The maximum Gasteiger partial charge on any atom is 0.115 e. The van der Waals surface area contributed by atoms with E-state index in [-0.39, 0.29) is 10.8 Å². The zero-order valence-corrected chi connectivity index (χ0v) is 54.7. The average Bonchev–Trinajstić information content (AvgIpc) is 1.60. The highest BCUT2D eigenvalue weighted by atomic mass is 16.5. The minimum absolute atomic E-state index is 0.262. The van der Waals surface area contributed by atoms with Crippen LogP contribution in [-0.4, -0.2) is 58.3 Å². The quantitative estimate of drug-likeness (QED) is 0.163. The summed E-state index contributed by atoms with van der Waals surface area (Å²) in [4.78, 5) is 6.23. The Hall–Kier alpha value is -4.12. The predicted octanol–water partition coefficient (Wildman–Crippen LogP) is 21.2. The van der Waals surface area contributed by atoms with Crippen molar-refractivity contribution < 1.29 is 9.47 Å². The Morgan fingerprint density at radius 2 is 1.32 bits per heavy atom. The van der Waals surface area contributed by atoms with E-state index >= 15 is 0 Å². The molecule has 0 amide bonds. The van der Waals surface area contributed by atoms with Gasteiger partial charge in [-0.15, -0.1) is 13.2 Å². The van der Waals surface area contributed by atoms with Gasteiger partial charge >= 0.3 is 0 Å². The second-order valence-corrected chi connectivity index (χ2v) is 32.0. The number of fused-ring (bicyclic) bond motifs is 6. The maximum absolute atomic E-state index is 7.07. The van der Waals surface area contributed by atoms with Gasteiger partial charge in [-0.3, -0.25) is 4.90 Å². The summed E-state index contributed by atoms with van der Waals surface area (Å²) in [6, 6.07) is 12.2. The minimum atomic E-state index is 0.262. The van der Waals surface area contributed by atoms with Crippen molar-refractivity contribution in [1.82, 2.24) is 9.80 Å². The topological polar surface area (TPSA) is 24.9 Å². The van der Waals surface area contributed by atoms with E-state index in [1.54, 1.807) is 16.8 Å². The highest BCUT2D eigenvalue weighted by Crippen LogP contribution is 2.71. The molecule has 0 N–H and O–H groups in total. The van der Waals surface area contributed by atoms with Crippen molar-refractivity contribution in [1.29, 1.82) is 0 Å². The summed E-state index contributed by atoms with van der Waals surface area (Å²) < 4.78 is 13.8. The number of nitrogens with zero attached hydrogens (tertiary/aromatic N) is 2. The smallest absolute Gasteiger partial charge is 0.115 e. The van der Waals surface area contributed by atoms with Crippen LogP contribution in [0.15, 0.2) is 151 Å². The normalized spacial score (nSPS) is 40.4. The zero-order chi connectivity index (χ0) is 59.2. The van der Waals surface area contributed by atoms with Crippen LogP contribution in [0.25, 0.3) is 6.08 Å². The second-order valence-electron chi connectivity index (χ2n) is 32.0. The van der Waals surface area contributed by atoms with Crippen LogP contribution in [0.2, 0.25) is 0 Å². The molecule has 0 spiro atoms. The van der Waals surface area contributed by atoms with E-state index in [1.165, 1.54) is 184 Å². The molecule has 12 aliphatic carbocycles. The standard InChI is InChI=1S/C83H114N2O2/c1-7-56-19-25-59(26-20-56)61-29-51-80-76(53-61)77-54-62(30-52-81(77)85(80)68-39-48-73(49-40-68)87-71-44-23-58(9-3)24-45-71)60-27-35-66(36-28-60)84(67-37-31-63(32-38-67)82(4,5)6)69-41-50-75-74-17-13-14-18-78(74)83(79(75)55-69,64-15-11-10-12-16-64)65-33-46-72(47-34-65)86-70-42-21-57(8-2)22-43-70/h7-9,15,19-20,25-26,30-31,33,39,48-49,51-52,54,57-58,60-61,66-72,74-79,81H,1-3,10-14,16-18,21-24,27-29,32,34-38,40-47,50,53,55H2,4-6H3. The van der Waals surface area contributed by atoms with Crippen LogP contribution in [0.3, 0.4) is 0 Å². The van der Waals surface area contributed by atoms with E-state index in [9.17, 15) is 0 Å². The summed E-state index contributed by atoms with van der Waals surface area (Å²) in [6.07, 6.45) is 75.7. The third-order valence-electron chi connectivity index (χ3n) is 26.6. The van der Waals surface area contributed by atoms with Gasteiger partial charge in [-0.2, -0.15) is 0 Å². The Bertz CT molecular complexity index is 2870. The van der Waals surface area contributed by atoms with E-state index in [2.05, 4.69) is 147 Å². The molecule has 1 aliphatic heterocycles. The number of ether oxygens (including phenoxy) is 2. The number of rotatable bonds is 15. The van der Waals surface area contributed by atoms with Gasteiger partial charge in [0.05, 0.1) is 30.4 Å². The Balaban J connectivity index is 0.719. The number of allylic oxidation sites excluding steroid dienone is 11. The highest BCUT2D eigenvalue weighted by molar-refractivity contribution is 5.48. The second kappa shape index (κ2) is 26.2. The molecule has 1 saturated heterocycles. The summed E-state index contributed by atoms with van der Waals surface area (Å²) in [7, 11) is 0. The van der Waals surface area contributed by atoms with Crippen molar-refractivity contribution in [3.05, 3.63) is 162 Å². The molecule has 1 aromatic carbocycles. The van der Waals surface area contributed by atoms with Gasteiger partial charge < -0.3 is 14.4 Å². The van der Waals surface area contributed by atoms with Crippen LogP contribution in [0.5, 0.6) is 0 Å². The van der Waals surface area contributed by atoms with E-state index < -0.39 is 0 Å². The Morgan fingerprint density at radius 1 is 0.575 bits per heavy atom. The van der Waals surface area contributed by atoms with Crippen LogP contribution < -0.4 is 0 Å². The van der Waals surface area contributed by atoms with Crippen molar-refractivity contribution in [3.8, 4) is 0 Å². The van der Waals surface area contributed by atoms with Crippen molar-refractivity contribution in [2.45, 2.75) is 281 Å². The first kappa shape index (κ1) is 60.4. The fourth-order valence-electron chi connectivity index (χ4n) is 22.3. The maximum atomic E-state index is 7.07. The number of likely N-dealkylation sites (tertiary alicyclic amines) is 1. The molecule has 4 nitrogen and oxygen atoms in total. The molecule has 13 atom stereocenters. The lowest BCUT2D eigenvalue weighted by Gasteiger charge is -2.54. The number of hydrogen-bond donors (Lipinski definition) is 0. The molecule has 0 radical (unpaired) electrons. The van der Waals surface area contributed by atoms with E-state index in [1.807, 2.05) is 17.2 Å². The largest absolute Gasteiger partial charge is 0.491 e. The third-order valence-corrected chi connectivity index (χ3v) is 26.6. The van der Waals surface area contributed by atoms with Gasteiger partial charge in [0.2, 0.25) is 0 Å². The van der Waals surface area contributed by atoms with Crippen molar-refractivity contribution >= 4 is 6.08 Å². The van der Waals surface area contributed by atoms with Crippen molar-refractivity contribution in [3.63, 3.8) is 0 Å². The summed E-state index contributed by atoms with van der Waals surface area (Å²) in [5.41, 5.74) is 12.1. The molecule has 4 heteroatoms. The lowest BCUT2D eigenvalue weighted by atomic mass is 9.54. The van der Waals surface area contributed by atoms with Gasteiger partial charge in [0.1, 0.15) is 5.76 Å². The molecular formula is C83H114N2O2. The fourth-order valence-corrected chi connectivity index (χ4v) is 22.3. The van der Waals surface area contributed by atoms with Crippen molar-refractivity contribution in [2.24, 2.45) is 64.1 Å². The molecule has 0 aromatic heterocycles. The van der Waals surface area contributed by atoms with Gasteiger partial charge in [-0.1, -0.05) is 148 Å². The van der Waals surface area contributed by atoms with Crippen LogP contribution in [-0.2, 0) is 9.47 Å². The Kier molecular flexibility index (Phi) is 18.2. The molecule has 1 heterocycles. The highest BCUT2D eigenvalue weighted by Gasteiger charge is 2.64. The van der Waals surface area contributed by atoms with E-state index in [0.717, 1.165) is 61.5 Å². The molecule has 6 saturated carbocycles. The van der Waals surface area contributed by atoms with Gasteiger partial charge in [0, 0.05) is 41.1 Å². The summed E-state index contributed by atoms with van der Waals surface area (Å²) >= 11 is 0. The third kappa shape index (κ3) is 12.1. The molecule has 13 aliphatic rings. The monoisotopic (exact) mass is 1170 g/mol.